The molecule has 13 heavy (non-hydrogen) atoms. The fourth-order valence-electron chi connectivity index (χ4n) is 1.02. The van der Waals surface area contributed by atoms with Gasteiger partial charge in [0.15, 0.2) is 5.82 Å². The van der Waals surface area contributed by atoms with Crippen molar-refractivity contribution < 1.29 is 14.7 Å². The number of hydroxylamine groups is 1. The summed E-state index contributed by atoms with van der Waals surface area (Å²) >= 11 is 0. The first-order chi connectivity index (χ1) is 6.14. The van der Waals surface area contributed by atoms with E-state index < -0.39 is 11.7 Å². The normalized spacial score (nSPS) is 25.8. The third-order valence-electron chi connectivity index (χ3n) is 1.88. The number of carboxylic acid groups (broad SMARTS) is 1. The lowest BCUT2D eigenvalue weighted by molar-refractivity contribution is -0.142. The molecule has 1 aromatic rings. The second kappa shape index (κ2) is 2.43. The van der Waals surface area contributed by atoms with Crippen LogP contribution >= 0.6 is 0 Å². The van der Waals surface area contributed by atoms with E-state index >= 15 is 0 Å². The molecule has 5 heteroatoms. The van der Waals surface area contributed by atoms with E-state index in [1.807, 2.05) is 0 Å². The van der Waals surface area contributed by atoms with Gasteiger partial charge in [0.1, 0.15) is 0 Å². The van der Waals surface area contributed by atoms with E-state index in [1.165, 1.54) is 12.0 Å². The molecule has 0 amide bonds. The molecule has 1 atom stereocenters. The monoisotopic (exact) mass is 180 g/mol. The van der Waals surface area contributed by atoms with E-state index in [-0.39, 0.29) is 0 Å². The van der Waals surface area contributed by atoms with Crippen molar-refractivity contribution in [3.05, 3.63) is 24.4 Å². The van der Waals surface area contributed by atoms with Crippen LogP contribution in [0.3, 0.4) is 0 Å². The molecular formula is C8H8N2O3. The van der Waals surface area contributed by atoms with Crippen LogP contribution in [0.4, 0.5) is 5.82 Å². The number of pyridine rings is 1. The Morgan fingerprint density at radius 2 is 2.46 bits per heavy atom. The number of rotatable bonds is 2. The quantitative estimate of drug-likeness (QED) is 0.676. The van der Waals surface area contributed by atoms with E-state index in [4.69, 9.17) is 9.94 Å². The summed E-state index contributed by atoms with van der Waals surface area (Å²) in [6, 6.07) is 5.21. The lowest BCUT2D eigenvalue weighted by atomic mass is 10.3. The zero-order valence-electron chi connectivity index (χ0n) is 6.97. The summed E-state index contributed by atoms with van der Waals surface area (Å²) in [5.74, 6) is -0.509. The van der Waals surface area contributed by atoms with Gasteiger partial charge in [-0.2, -0.15) is 5.06 Å². The van der Waals surface area contributed by atoms with Crippen molar-refractivity contribution in [3.8, 4) is 0 Å². The molecule has 2 heterocycles. The molecule has 1 fully saturated rings. The molecule has 0 radical (unpaired) electrons. The van der Waals surface area contributed by atoms with Crippen molar-refractivity contribution in [2.45, 2.75) is 12.6 Å². The Labute approximate surface area is 74.5 Å². The highest BCUT2D eigenvalue weighted by molar-refractivity contribution is 5.83. The number of carbonyl (C=O) groups is 1. The Morgan fingerprint density at radius 1 is 1.69 bits per heavy atom. The van der Waals surface area contributed by atoms with Crippen molar-refractivity contribution >= 4 is 11.8 Å². The molecule has 0 aromatic carbocycles. The molecule has 1 N–H and O–H groups in total. The number of nitrogens with zero attached hydrogens (tertiary/aromatic N) is 2. The Kier molecular flexibility index (Phi) is 1.50. The van der Waals surface area contributed by atoms with E-state index in [0.717, 1.165) is 0 Å². The van der Waals surface area contributed by atoms with E-state index in [1.54, 1.807) is 24.4 Å². The summed E-state index contributed by atoms with van der Waals surface area (Å²) in [7, 11) is 0. The number of hydrogen-bond acceptors (Lipinski definition) is 4. The van der Waals surface area contributed by atoms with Gasteiger partial charge < -0.3 is 5.11 Å². The average molecular weight is 180 g/mol. The Hall–Kier alpha value is -1.62. The molecule has 1 aromatic heterocycles. The summed E-state index contributed by atoms with van der Waals surface area (Å²) in [4.78, 5) is 19.6. The third-order valence-corrected chi connectivity index (χ3v) is 1.88. The molecule has 68 valence electrons. The molecule has 1 saturated heterocycles. The summed E-state index contributed by atoms with van der Waals surface area (Å²) in [6.45, 7) is 1.48. The van der Waals surface area contributed by atoms with Gasteiger partial charge in [0.2, 0.25) is 0 Å². The summed E-state index contributed by atoms with van der Waals surface area (Å²) in [6.07, 6.45) is 1.58. The zero-order chi connectivity index (χ0) is 9.47. The van der Waals surface area contributed by atoms with Gasteiger partial charge in [-0.05, 0) is 19.1 Å². The molecule has 0 spiro atoms. The molecule has 0 unspecified atom stereocenters. The SMILES string of the molecule is C[C@]1(C(=O)O)ON1c1ccccn1. The predicted molar refractivity (Wildman–Crippen MR) is 43.8 cm³/mol. The molecule has 0 bridgehead atoms. The minimum Gasteiger partial charge on any atom is -0.478 e. The summed E-state index contributed by atoms with van der Waals surface area (Å²) < 4.78 is 0. The number of hydrogen-bond donors (Lipinski definition) is 1. The first kappa shape index (κ1) is 8.00. The van der Waals surface area contributed by atoms with Crippen LogP contribution in [0.15, 0.2) is 24.4 Å². The highest BCUT2D eigenvalue weighted by atomic mass is 16.9. The van der Waals surface area contributed by atoms with Crippen molar-refractivity contribution in [1.29, 1.82) is 0 Å². The lowest BCUT2D eigenvalue weighted by Crippen LogP contribution is -2.25. The summed E-state index contributed by atoms with van der Waals surface area (Å²) in [5.41, 5.74) is -1.24. The largest absolute Gasteiger partial charge is 0.478 e. The van der Waals surface area contributed by atoms with Crippen LogP contribution in [0, 0.1) is 0 Å². The molecule has 5 nitrogen and oxygen atoms in total. The Morgan fingerprint density at radius 3 is 2.92 bits per heavy atom. The highest BCUT2D eigenvalue weighted by Gasteiger charge is 2.59. The van der Waals surface area contributed by atoms with Gasteiger partial charge >= 0.3 is 5.97 Å². The fraction of sp³-hybridized carbons (Fsp3) is 0.250. The number of aliphatic carboxylic acids is 1. The standard InChI is InChI=1S/C8H8N2O3/c1-8(7(11)12)10(13-8)6-4-2-3-5-9-6/h2-5H,1H3,(H,11,12)/t8-,10?/m1/s1. The van der Waals surface area contributed by atoms with E-state index in [2.05, 4.69) is 4.98 Å². The first-order valence-corrected chi connectivity index (χ1v) is 3.78. The number of anilines is 1. The van der Waals surface area contributed by atoms with Crippen LogP contribution in [0.2, 0.25) is 0 Å². The topological polar surface area (TPSA) is 65.7 Å². The van der Waals surface area contributed by atoms with E-state index in [9.17, 15) is 4.79 Å². The summed E-state index contributed by atoms with van der Waals surface area (Å²) in [5, 5.41) is 10.0. The minimum absolute atomic E-state index is 0.507. The van der Waals surface area contributed by atoms with Gasteiger partial charge in [-0.25, -0.2) is 14.6 Å². The molecule has 2 rings (SSSR count). The van der Waals surface area contributed by atoms with E-state index in [0.29, 0.717) is 5.82 Å². The van der Waals surface area contributed by atoms with Gasteiger partial charge in [-0.1, -0.05) is 6.07 Å². The number of aromatic nitrogens is 1. The molecule has 1 aliphatic rings. The third kappa shape index (κ3) is 1.13. The maximum absolute atomic E-state index is 10.7. The van der Waals surface area contributed by atoms with Crippen molar-refractivity contribution in [1.82, 2.24) is 4.98 Å². The predicted octanol–water partition coefficient (Wildman–Crippen LogP) is 0.634. The van der Waals surface area contributed by atoms with Crippen LogP contribution in [-0.2, 0) is 9.63 Å². The van der Waals surface area contributed by atoms with Gasteiger partial charge in [0.05, 0.1) is 0 Å². The van der Waals surface area contributed by atoms with Crippen LogP contribution in [-0.4, -0.2) is 21.8 Å². The second-order valence-electron chi connectivity index (χ2n) is 2.86. The Balaban J connectivity index is 2.21. The fourth-order valence-corrected chi connectivity index (χ4v) is 1.02. The first-order valence-electron chi connectivity index (χ1n) is 3.78. The van der Waals surface area contributed by atoms with Gasteiger partial charge in [-0.3, -0.25) is 0 Å². The number of carboxylic acids is 1. The van der Waals surface area contributed by atoms with Gasteiger partial charge in [-0.15, -0.1) is 0 Å². The van der Waals surface area contributed by atoms with Gasteiger partial charge in [0, 0.05) is 6.20 Å². The van der Waals surface area contributed by atoms with Crippen molar-refractivity contribution in [2.24, 2.45) is 0 Å². The van der Waals surface area contributed by atoms with Crippen LogP contribution in [0.1, 0.15) is 6.92 Å². The smallest absolute Gasteiger partial charge is 0.361 e. The molecule has 1 aliphatic heterocycles. The maximum Gasteiger partial charge on any atom is 0.361 e. The molecule has 0 saturated carbocycles. The minimum atomic E-state index is -1.24. The average Bonchev–Trinajstić information content (AvgIpc) is 2.81. The second-order valence-corrected chi connectivity index (χ2v) is 2.86. The Bertz CT molecular complexity index is 341. The van der Waals surface area contributed by atoms with Gasteiger partial charge in [0.25, 0.3) is 5.72 Å². The van der Waals surface area contributed by atoms with Crippen LogP contribution in [0.25, 0.3) is 0 Å². The van der Waals surface area contributed by atoms with Crippen LogP contribution in [0.5, 0.6) is 0 Å². The van der Waals surface area contributed by atoms with Crippen LogP contribution < -0.4 is 5.06 Å². The van der Waals surface area contributed by atoms with Crippen molar-refractivity contribution in [2.75, 3.05) is 5.06 Å². The lowest BCUT2D eigenvalue weighted by Gasteiger charge is -1.99. The molecule has 0 aliphatic carbocycles. The highest BCUT2D eigenvalue weighted by Crippen LogP contribution is 2.38. The van der Waals surface area contributed by atoms with Crippen molar-refractivity contribution in [3.63, 3.8) is 0 Å². The maximum atomic E-state index is 10.7. The zero-order valence-corrected chi connectivity index (χ0v) is 6.97. The molecular weight excluding hydrogens is 172 g/mol.